The molecule has 1 N–H and O–H groups in total. The quantitative estimate of drug-likeness (QED) is 0.930. The molecule has 2 rings (SSSR count). The third kappa shape index (κ3) is 3.33. The summed E-state index contributed by atoms with van der Waals surface area (Å²) in [6, 6.07) is 1.85. The van der Waals surface area contributed by atoms with Gasteiger partial charge in [-0.1, -0.05) is 25.4 Å². The van der Waals surface area contributed by atoms with Crippen LogP contribution in [0, 0.1) is 5.92 Å². The highest BCUT2D eigenvalue weighted by molar-refractivity contribution is 9.10. The number of anilines is 1. The third-order valence-corrected chi connectivity index (χ3v) is 3.12. The molecule has 0 aliphatic carbocycles. The van der Waals surface area contributed by atoms with Gasteiger partial charge < -0.3 is 5.32 Å². The van der Waals surface area contributed by atoms with Crippen LogP contribution in [0.5, 0.6) is 0 Å². The zero-order valence-corrected chi connectivity index (χ0v) is 12.7. The Bertz CT molecular complexity index is 612. The predicted octanol–water partition coefficient (Wildman–Crippen LogP) is 3.28. The monoisotopic (exact) mass is 342 g/mol. The van der Waals surface area contributed by atoms with E-state index in [2.05, 4.69) is 31.3 Å². The van der Waals surface area contributed by atoms with Gasteiger partial charge in [-0.05, 0) is 22.0 Å². The smallest absolute Gasteiger partial charge is 0.227 e. The maximum Gasteiger partial charge on any atom is 0.227 e. The van der Waals surface area contributed by atoms with Crippen molar-refractivity contribution in [2.75, 3.05) is 5.32 Å². The molecule has 5 nitrogen and oxygen atoms in total. The van der Waals surface area contributed by atoms with Crippen LogP contribution in [0.2, 0.25) is 5.15 Å². The Morgan fingerprint density at radius 2 is 2.21 bits per heavy atom. The number of hydrogen-bond acceptors (Lipinski definition) is 3. The van der Waals surface area contributed by atoms with Gasteiger partial charge >= 0.3 is 0 Å². The van der Waals surface area contributed by atoms with Crippen molar-refractivity contribution in [1.82, 2.24) is 14.8 Å². The Balaban J connectivity index is 2.28. The van der Waals surface area contributed by atoms with Crippen molar-refractivity contribution < 1.29 is 4.79 Å². The fourth-order valence-corrected chi connectivity index (χ4v) is 1.90. The molecule has 0 aliphatic heterocycles. The Morgan fingerprint density at radius 3 is 2.84 bits per heavy atom. The van der Waals surface area contributed by atoms with Crippen LogP contribution in [0.4, 0.5) is 5.69 Å². The number of pyridine rings is 1. The van der Waals surface area contributed by atoms with Gasteiger partial charge in [-0.15, -0.1) is 0 Å². The molecule has 19 heavy (non-hydrogen) atoms. The number of halogens is 2. The van der Waals surface area contributed by atoms with Crippen molar-refractivity contribution in [1.29, 1.82) is 0 Å². The summed E-state index contributed by atoms with van der Waals surface area (Å²) in [6.45, 7) is 3.62. The highest BCUT2D eigenvalue weighted by atomic mass is 79.9. The molecular formula is C12H12BrClN4O. The lowest BCUT2D eigenvalue weighted by Gasteiger charge is -2.04. The van der Waals surface area contributed by atoms with E-state index in [0.29, 0.717) is 5.69 Å². The molecular weight excluding hydrogens is 332 g/mol. The molecule has 0 atom stereocenters. The number of rotatable bonds is 3. The zero-order chi connectivity index (χ0) is 14.0. The number of carbonyl (C=O) groups excluding carboxylic acids is 1. The Labute approximate surface area is 124 Å². The minimum Gasteiger partial charge on any atom is -0.322 e. The number of aromatic nitrogens is 3. The molecule has 0 aromatic carbocycles. The van der Waals surface area contributed by atoms with Crippen LogP contribution in [-0.4, -0.2) is 20.7 Å². The molecule has 0 fully saturated rings. The second-order valence-electron chi connectivity index (χ2n) is 4.28. The van der Waals surface area contributed by atoms with Gasteiger partial charge in [0, 0.05) is 16.6 Å². The average Bonchev–Trinajstić information content (AvgIpc) is 2.71. The number of hydrogen-bond donors (Lipinski definition) is 1. The minimum absolute atomic E-state index is 0.103. The van der Waals surface area contributed by atoms with Gasteiger partial charge in [0.2, 0.25) is 5.91 Å². The lowest BCUT2D eigenvalue weighted by Crippen LogP contribution is -2.17. The van der Waals surface area contributed by atoms with Crippen molar-refractivity contribution in [3.8, 4) is 5.69 Å². The molecule has 7 heteroatoms. The molecule has 2 aromatic heterocycles. The molecule has 0 saturated heterocycles. The summed E-state index contributed by atoms with van der Waals surface area (Å²) in [6.07, 6.45) is 4.99. The molecule has 0 bridgehead atoms. The molecule has 0 spiro atoms. The molecule has 0 unspecified atom stereocenters. The highest BCUT2D eigenvalue weighted by Gasteiger charge is 2.13. The Morgan fingerprint density at radius 1 is 1.47 bits per heavy atom. The lowest BCUT2D eigenvalue weighted by molar-refractivity contribution is -0.118. The fourth-order valence-electron chi connectivity index (χ4n) is 1.37. The summed E-state index contributed by atoms with van der Waals surface area (Å²) in [5.41, 5.74) is 1.24. The number of nitrogens with one attached hydrogen (secondary N) is 1. The van der Waals surface area contributed by atoms with Gasteiger partial charge in [0.05, 0.1) is 23.8 Å². The SMILES string of the molecule is CC(C)C(=O)Nc1cn(-c2cncc(Br)c2)nc1Cl. The second kappa shape index (κ2) is 5.71. The summed E-state index contributed by atoms with van der Waals surface area (Å²) in [4.78, 5) is 15.7. The molecule has 1 amide bonds. The maximum atomic E-state index is 11.6. The highest BCUT2D eigenvalue weighted by Crippen LogP contribution is 2.23. The molecule has 0 aliphatic rings. The van der Waals surface area contributed by atoms with Gasteiger partial charge in [0.1, 0.15) is 0 Å². The summed E-state index contributed by atoms with van der Waals surface area (Å²) in [7, 11) is 0. The van der Waals surface area contributed by atoms with E-state index in [1.54, 1.807) is 23.3 Å². The summed E-state index contributed by atoms with van der Waals surface area (Å²) in [5, 5.41) is 7.11. The van der Waals surface area contributed by atoms with E-state index in [9.17, 15) is 4.79 Å². The zero-order valence-electron chi connectivity index (χ0n) is 10.4. The third-order valence-electron chi connectivity index (χ3n) is 2.41. The standard InChI is InChI=1S/C12H12BrClN4O/c1-7(2)12(19)16-10-6-18(17-11(10)14)9-3-8(13)4-15-5-9/h3-7H,1-2H3,(H,16,19). The average molecular weight is 344 g/mol. The summed E-state index contributed by atoms with van der Waals surface area (Å²) in [5.74, 6) is -0.222. The van der Waals surface area contributed by atoms with Crippen LogP contribution in [-0.2, 0) is 4.79 Å². The topological polar surface area (TPSA) is 59.8 Å². The first-order valence-electron chi connectivity index (χ1n) is 5.64. The van der Waals surface area contributed by atoms with Crippen molar-refractivity contribution in [2.45, 2.75) is 13.8 Å². The number of amides is 1. The minimum atomic E-state index is -0.119. The molecule has 2 heterocycles. The summed E-state index contributed by atoms with van der Waals surface area (Å²) < 4.78 is 2.40. The van der Waals surface area contributed by atoms with Crippen molar-refractivity contribution in [3.05, 3.63) is 34.3 Å². The van der Waals surface area contributed by atoms with Crippen LogP contribution in [0.3, 0.4) is 0 Å². The van der Waals surface area contributed by atoms with Crippen molar-refractivity contribution in [3.63, 3.8) is 0 Å². The van der Waals surface area contributed by atoms with Crippen LogP contribution in [0.15, 0.2) is 29.1 Å². The van der Waals surface area contributed by atoms with E-state index in [-0.39, 0.29) is 17.0 Å². The van der Waals surface area contributed by atoms with E-state index < -0.39 is 0 Å². The molecule has 100 valence electrons. The van der Waals surface area contributed by atoms with E-state index in [1.807, 2.05) is 19.9 Å². The van der Waals surface area contributed by atoms with Crippen LogP contribution < -0.4 is 5.32 Å². The van der Waals surface area contributed by atoms with E-state index >= 15 is 0 Å². The largest absolute Gasteiger partial charge is 0.322 e. The first-order chi connectivity index (χ1) is 8.97. The normalized spacial score (nSPS) is 10.8. The molecule has 0 radical (unpaired) electrons. The maximum absolute atomic E-state index is 11.6. The van der Waals surface area contributed by atoms with Crippen LogP contribution >= 0.6 is 27.5 Å². The van der Waals surface area contributed by atoms with E-state index in [1.165, 1.54) is 0 Å². The van der Waals surface area contributed by atoms with Gasteiger partial charge in [0.25, 0.3) is 0 Å². The van der Waals surface area contributed by atoms with Gasteiger partial charge in [0.15, 0.2) is 5.15 Å². The predicted molar refractivity (Wildman–Crippen MR) is 77.5 cm³/mol. The van der Waals surface area contributed by atoms with Gasteiger partial charge in [-0.25, -0.2) is 4.68 Å². The summed E-state index contributed by atoms with van der Waals surface area (Å²) >= 11 is 9.34. The van der Waals surface area contributed by atoms with Gasteiger partial charge in [-0.3, -0.25) is 9.78 Å². The van der Waals surface area contributed by atoms with Gasteiger partial charge in [-0.2, -0.15) is 5.10 Å². The second-order valence-corrected chi connectivity index (χ2v) is 5.56. The lowest BCUT2D eigenvalue weighted by atomic mass is 10.2. The molecule has 2 aromatic rings. The van der Waals surface area contributed by atoms with E-state index in [0.717, 1.165) is 10.2 Å². The number of nitrogens with zero attached hydrogens (tertiary/aromatic N) is 3. The Kier molecular flexibility index (Phi) is 4.21. The number of carbonyl (C=O) groups is 1. The molecule has 0 saturated carbocycles. The van der Waals surface area contributed by atoms with Crippen molar-refractivity contribution >= 4 is 39.1 Å². The van der Waals surface area contributed by atoms with E-state index in [4.69, 9.17) is 11.6 Å². The Hall–Kier alpha value is -1.40. The van der Waals surface area contributed by atoms with Crippen LogP contribution in [0.1, 0.15) is 13.8 Å². The first kappa shape index (κ1) is 14.0. The van der Waals surface area contributed by atoms with Crippen molar-refractivity contribution in [2.24, 2.45) is 5.92 Å². The first-order valence-corrected chi connectivity index (χ1v) is 6.81. The fraction of sp³-hybridized carbons (Fsp3) is 0.250. The van der Waals surface area contributed by atoms with Crippen LogP contribution in [0.25, 0.3) is 5.69 Å².